The minimum Gasteiger partial charge on any atom is -0.481 e. The first kappa shape index (κ1) is 10.5. The highest BCUT2D eigenvalue weighted by Crippen LogP contribution is 2.20. The molecule has 0 atom stereocenters. The molecular weight excluding hydrogens is 214 g/mol. The van der Waals surface area contributed by atoms with Crippen LogP contribution in [0.5, 0.6) is 5.88 Å². The van der Waals surface area contributed by atoms with Crippen LogP contribution in [-0.4, -0.2) is 35.5 Å². The highest BCUT2D eigenvalue weighted by atomic mass is 35.5. The molecule has 5 heteroatoms. The fourth-order valence-corrected chi connectivity index (χ4v) is 1.84. The third-order valence-corrected chi connectivity index (χ3v) is 2.97. The van der Waals surface area contributed by atoms with Gasteiger partial charge in [0.05, 0.1) is 7.11 Å². The van der Waals surface area contributed by atoms with Gasteiger partial charge in [0.25, 0.3) is 0 Å². The summed E-state index contributed by atoms with van der Waals surface area (Å²) >= 11 is 6.04. The number of nitrogens with zero attached hydrogens (tertiary/aromatic N) is 3. The van der Waals surface area contributed by atoms with E-state index >= 15 is 0 Å². The number of anilines is 1. The first-order chi connectivity index (χ1) is 7.29. The van der Waals surface area contributed by atoms with Gasteiger partial charge in [-0.2, -0.15) is 4.98 Å². The summed E-state index contributed by atoms with van der Waals surface area (Å²) in [7, 11) is 1.61. The van der Waals surface area contributed by atoms with E-state index in [1.54, 1.807) is 19.4 Å². The van der Waals surface area contributed by atoms with Gasteiger partial charge in [-0.3, -0.25) is 0 Å². The van der Waals surface area contributed by atoms with Crippen LogP contribution in [0.1, 0.15) is 12.8 Å². The van der Waals surface area contributed by atoms with Gasteiger partial charge in [0, 0.05) is 30.7 Å². The summed E-state index contributed by atoms with van der Waals surface area (Å²) in [5, 5.41) is 0.298. The van der Waals surface area contributed by atoms with Crippen molar-refractivity contribution in [3.63, 3.8) is 0 Å². The second-order valence-electron chi connectivity index (χ2n) is 3.56. The van der Waals surface area contributed by atoms with Gasteiger partial charge in [-0.25, -0.2) is 4.98 Å². The van der Waals surface area contributed by atoms with Crippen molar-refractivity contribution in [2.75, 3.05) is 25.1 Å². The van der Waals surface area contributed by atoms with E-state index in [2.05, 4.69) is 14.9 Å². The number of methoxy groups -OCH3 is 1. The van der Waals surface area contributed by atoms with Gasteiger partial charge in [-0.1, -0.05) is 0 Å². The average molecular weight is 228 g/mol. The maximum Gasteiger partial charge on any atom is 0.228 e. The van der Waals surface area contributed by atoms with Crippen molar-refractivity contribution < 1.29 is 4.74 Å². The van der Waals surface area contributed by atoms with Gasteiger partial charge in [0.1, 0.15) is 0 Å². The number of hydrogen-bond acceptors (Lipinski definition) is 4. The van der Waals surface area contributed by atoms with Crippen molar-refractivity contribution in [2.24, 2.45) is 0 Å². The molecule has 1 saturated heterocycles. The smallest absolute Gasteiger partial charge is 0.228 e. The molecule has 0 radical (unpaired) electrons. The molecule has 0 aromatic carbocycles. The molecule has 0 saturated carbocycles. The maximum atomic E-state index is 6.04. The molecule has 82 valence electrons. The number of alkyl halides is 1. The summed E-state index contributed by atoms with van der Waals surface area (Å²) in [6.07, 6.45) is 3.69. The van der Waals surface area contributed by atoms with Crippen LogP contribution < -0.4 is 9.64 Å². The fraction of sp³-hybridized carbons (Fsp3) is 0.600. The van der Waals surface area contributed by atoms with Crippen molar-refractivity contribution in [3.05, 3.63) is 12.3 Å². The molecule has 1 aromatic heterocycles. The van der Waals surface area contributed by atoms with Gasteiger partial charge < -0.3 is 9.64 Å². The molecule has 1 aliphatic rings. The van der Waals surface area contributed by atoms with Gasteiger partial charge >= 0.3 is 0 Å². The van der Waals surface area contributed by atoms with Crippen LogP contribution in [0.2, 0.25) is 0 Å². The standard InChI is InChI=1S/C10H14ClN3O/c1-15-9-2-5-12-10(13-9)14-6-3-8(11)4-7-14/h2,5,8H,3-4,6-7H2,1H3. The Labute approximate surface area is 94.2 Å². The molecule has 0 unspecified atom stereocenters. The molecule has 0 N–H and O–H groups in total. The molecule has 1 aliphatic heterocycles. The lowest BCUT2D eigenvalue weighted by Crippen LogP contribution is -2.35. The van der Waals surface area contributed by atoms with E-state index in [0.29, 0.717) is 11.3 Å². The normalized spacial score (nSPS) is 17.9. The number of rotatable bonds is 2. The van der Waals surface area contributed by atoms with Crippen LogP contribution in [0.15, 0.2) is 12.3 Å². The lowest BCUT2D eigenvalue weighted by Gasteiger charge is -2.29. The summed E-state index contributed by atoms with van der Waals surface area (Å²) in [4.78, 5) is 10.7. The average Bonchev–Trinajstić information content (AvgIpc) is 2.30. The first-order valence-corrected chi connectivity index (χ1v) is 5.49. The number of aromatic nitrogens is 2. The van der Waals surface area contributed by atoms with Crippen LogP contribution in [-0.2, 0) is 0 Å². The first-order valence-electron chi connectivity index (χ1n) is 5.05. The molecule has 4 nitrogen and oxygen atoms in total. The van der Waals surface area contributed by atoms with Crippen LogP contribution in [0.4, 0.5) is 5.95 Å². The Morgan fingerprint density at radius 2 is 2.20 bits per heavy atom. The van der Waals surface area contributed by atoms with Crippen LogP contribution >= 0.6 is 11.6 Å². The highest BCUT2D eigenvalue weighted by Gasteiger charge is 2.19. The summed E-state index contributed by atoms with van der Waals surface area (Å²) < 4.78 is 5.06. The Bertz CT molecular complexity index is 326. The summed E-state index contributed by atoms with van der Waals surface area (Å²) in [6, 6.07) is 1.75. The quantitative estimate of drug-likeness (QED) is 0.721. The molecule has 1 fully saturated rings. The van der Waals surface area contributed by atoms with E-state index in [1.165, 1.54) is 0 Å². The van der Waals surface area contributed by atoms with Crippen molar-refractivity contribution in [2.45, 2.75) is 18.2 Å². The lowest BCUT2D eigenvalue weighted by molar-refractivity contribution is 0.396. The molecule has 15 heavy (non-hydrogen) atoms. The molecule has 0 amide bonds. The SMILES string of the molecule is COc1ccnc(N2CCC(Cl)CC2)n1. The monoisotopic (exact) mass is 227 g/mol. The highest BCUT2D eigenvalue weighted by molar-refractivity contribution is 6.20. The second kappa shape index (κ2) is 4.66. The topological polar surface area (TPSA) is 38.2 Å². The molecular formula is C10H14ClN3O. The van der Waals surface area contributed by atoms with E-state index in [4.69, 9.17) is 16.3 Å². The maximum absolute atomic E-state index is 6.04. The fourth-order valence-electron chi connectivity index (χ4n) is 1.65. The van der Waals surface area contributed by atoms with Gasteiger partial charge in [0.15, 0.2) is 0 Å². The lowest BCUT2D eigenvalue weighted by atomic mass is 10.1. The Balaban J connectivity index is 2.08. The summed E-state index contributed by atoms with van der Waals surface area (Å²) in [5.74, 6) is 1.34. The largest absolute Gasteiger partial charge is 0.481 e. The minimum atomic E-state index is 0.298. The molecule has 0 spiro atoms. The van der Waals surface area contributed by atoms with Gasteiger partial charge in [-0.05, 0) is 12.8 Å². The molecule has 0 aliphatic carbocycles. The van der Waals surface area contributed by atoms with Crippen molar-refractivity contribution in [1.82, 2.24) is 9.97 Å². The second-order valence-corrected chi connectivity index (χ2v) is 4.18. The van der Waals surface area contributed by atoms with Crippen molar-refractivity contribution in [1.29, 1.82) is 0 Å². The Kier molecular flexibility index (Phi) is 3.26. The number of piperidine rings is 1. The number of halogens is 1. The van der Waals surface area contributed by atoms with E-state index < -0.39 is 0 Å². The predicted molar refractivity (Wildman–Crippen MR) is 59.7 cm³/mol. The van der Waals surface area contributed by atoms with E-state index in [-0.39, 0.29) is 0 Å². The molecule has 2 heterocycles. The number of ether oxygens (including phenoxy) is 1. The van der Waals surface area contributed by atoms with Crippen LogP contribution in [0, 0.1) is 0 Å². The summed E-state index contributed by atoms with van der Waals surface area (Å²) in [5.41, 5.74) is 0. The third kappa shape index (κ3) is 2.50. The zero-order valence-corrected chi connectivity index (χ0v) is 9.44. The van der Waals surface area contributed by atoms with E-state index in [0.717, 1.165) is 31.9 Å². The predicted octanol–water partition coefficient (Wildman–Crippen LogP) is 1.69. The van der Waals surface area contributed by atoms with Crippen LogP contribution in [0.25, 0.3) is 0 Å². The minimum absolute atomic E-state index is 0.298. The Morgan fingerprint density at radius 1 is 1.47 bits per heavy atom. The van der Waals surface area contributed by atoms with Gasteiger partial charge in [0.2, 0.25) is 11.8 Å². The number of hydrogen-bond donors (Lipinski definition) is 0. The van der Waals surface area contributed by atoms with E-state index in [9.17, 15) is 0 Å². The third-order valence-electron chi connectivity index (χ3n) is 2.53. The van der Waals surface area contributed by atoms with Crippen molar-refractivity contribution >= 4 is 17.5 Å². The summed E-state index contributed by atoms with van der Waals surface area (Å²) in [6.45, 7) is 1.84. The Morgan fingerprint density at radius 3 is 2.87 bits per heavy atom. The zero-order chi connectivity index (χ0) is 10.7. The molecule has 1 aromatic rings. The van der Waals surface area contributed by atoms with Crippen molar-refractivity contribution in [3.8, 4) is 5.88 Å². The Hall–Kier alpha value is -1.03. The zero-order valence-electron chi connectivity index (χ0n) is 8.69. The molecule has 0 bridgehead atoms. The molecule has 2 rings (SSSR count). The van der Waals surface area contributed by atoms with Gasteiger partial charge in [-0.15, -0.1) is 11.6 Å². The van der Waals surface area contributed by atoms with Crippen LogP contribution in [0.3, 0.4) is 0 Å². The van der Waals surface area contributed by atoms with E-state index in [1.807, 2.05) is 0 Å².